The van der Waals surface area contributed by atoms with Crippen molar-refractivity contribution in [3.63, 3.8) is 0 Å². The summed E-state index contributed by atoms with van der Waals surface area (Å²) in [6, 6.07) is 9.09. The van der Waals surface area contributed by atoms with Crippen molar-refractivity contribution in [1.82, 2.24) is 19.4 Å². The first-order valence-electron chi connectivity index (χ1n) is 13.0. The lowest BCUT2D eigenvalue weighted by Gasteiger charge is -2.41. The normalized spacial score (nSPS) is 23.4. The van der Waals surface area contributed by atoms with Gasteiger partial charge in [0.2, 0.25) is 0 Å². The van der Waals surface area contributed by atoms with Crippen LogP contribution in [0.2, 0.25) is 0 Å². The Hall–Kier alpha value is -1.81. The first kappa shape index (κ1) is 24.9. The molecule has 1 aromatic heterocycles. The predicted molar refractivity (Wildman–Crippen MR) is 148 cm³/mol. The fourth-order valence-electron chi connectivity index (χ4n) is 5.56. The van der Waals surface area contributed by atoms with E-state index in [2.05, 4.69) is 66.2 Å². The zero-order chi connectivity index (χ0) is 24.6. The van der Waals surface area contributed by atoms with E-state index in [-0.39, 0.29) is 6.09 Å². The Morgan fingerprint density at radius 2 is 1.83 bits per heavy atom. The first-order valence-corrected chi connectivity index (χ1v) is 14.3. The summed E-state index contributed by atoms with van der Waals surface area (Å²) in [5.74, 6) is 1.93. The Morgan fingerprint density at radius 1 is 1.09 bits per heavy atom. The average molecular weight is 592 g/mol. The predicted octanol–water partition coefficient (Wildman–Crippen LogP) is 5.03. The Labute approximate surface area is 222 Å². The number of amides is 1. The molecule has 2 fully saturated rings. The molecule has 8 heteroatoms. The van der Waals surface area contributed by atoms with E-state index in [1.165, 1.54) is 42.0 Å². The summed E-state index contributed by atoms with van der Waals surface area (Å²) >= 11 is 2.62. The molecule has 1 aromatic carbocycles. The van der Waals surface area contributed by atoms with Crippen molar-refractivity contribution in [3.8, 4) is 11.3 Å². The number of carbonyl (C=O) groups is 1. The van der Waals surface area contributed by atoms with Crippen LogP contribution in [-0.2, 0) is 17.7 Å². The molecule has 190 valence electrons. The number of benzene rings is 1. The molecule has 0 saturated carbocycles. The molecular formula is C27H38IN5O2. The molecule has 35 heavy (non-hydrogen) atoms. The smallest absolute Gasteiger partial charge is 0.410 e. The molecule has 7 nitrogen and oxygen atoms in total. The van der Waals surface area contributed by atoms with Crippen LogP contribution in [0.1, 0.15) is 45.9 Å². The van der Waals surface area contributed by atoms with E-state index in [9.17, 15) is 4.79 Å². The standard InChI is InChI=1S/C27H38IN5O2/c1-27(2,3)35-26(34)31-15-13-30(14-16-31)19-20-10-12-32(24(28)17-20)22-8-6-21(7-9-22)23-18-29-25-5-4-11-33(23)25/h6-9,18,20,24H,4-5,10-17,19H2,1-3H3. The number of piperazine rings is 1. The average Bonchev–Trinajstić information content (AvgIpc) is 3.43. The lowest BCUT2D eigenvalue weighted by atomic mass is 9.95. The van der Waals surface area contributed by atoms with Gasteiger partial charge in [-0.2, -0.15) is 0 Å². The molecule has 3 aliphatic rings. The van der Waals surface area contributed by atoms with Crippen LogP contribution in [0, 0.1) is 5.92 Å². The molecule has 0 aliphatic carbocycles. The molecule has 5 rings (SSSR count). The number of fused-ring (bicyclic) bond motifs is 1. The van der Waals surface area contributed by atoms with E-state index in [1.807, 2.05) is 31.9 Å². The Bertz CT molecular complexity index is 1020. The SMILES string of the molecule is CC(C)(C)OC(=O)N1CCN(CC2CCN(c3ccc(-c4cnc5n4CCC5)cc3)C(I)C2)CC1. The van der Waals surface area contributed by atoms with Gasteiger partial charge in [-0.15, -0.1) is 0 Å². The third kappa shape index (κ3) is 5.79. The fourth-order valence-corrected chi connectivity index (χ4v) is 6.87. The lowest BCUT2D eigenvalue weighted by Crippen LogP contribution is -2.51. The number of halogens is 1. The van der Waals surface area contributed by atoms with Gasteiger partial charge in [0.1, 0.15) is 11.4 Å². The van der Waals surface area contributed by atoms with E-state index in [4.69, 9.17) is 4.74 Å². The number of anilines is 1. The van der Waals surface area contributed by atoms with Crippen LogP contribution in [-0.4, -0.2) is 74.4 Å². The summed E-state index contributed by atoms with van der Waals surface area (Å²) in [5.41, 5.74) is 3.40. The number of ether oxygens (including phenoxy) is 1. The maximum Gasteiger partial charge on any atom is 0.410 e. The monoisotopic (exact) mass is 591 g/mol. The third-order valence-electron chi connectivity index (χ3n) is 7.40. The number of aromatic nitrogens is 2. The minimum atomic E-state index is -0.433. The molecule has 2 saturated heterocycles. The van der Waals surface area contributed by atoms with E-state index in [0.717, 1.165) is 52.2 Å². The highest BCUT2D eigenvalue weighted by Crippen LogP contribution is 2.34. The summed E-state index contributed by atoms with van der Waals surface area (Å²) in [6.45, 7) is 12.5. The molecule has 4 heterocycles. The second kappa shape index (κ2) is 10.3. The van der Waals surface area contributed by atoms with Crippen molar-refractivity contribution < 1.29 is 9.53 Å². The molecule has 3 aliphatic heterocycles. The highest BCUT2D eigenvalue weighted by Gasteiger charge is 2.31. The summed E-state index contributed by atoms with van der Waals surface area (Å²) < 4.78 is 8.41. The molecule has 2 unspecified atom stereocenters. The molecule has 2 aromatic rings. The second-order valence-corrected chi connectivity index (χ2v) is 12.6. The van der Waals surface area contributed by atoms with Crippen LogP contribution in [0.3, 0.4) is 0 Å². The number of hydrogen-bond donors (Lipinski definition) is 0. The topological polar surface area (TPSA) is 53.8 Å². The maximum atomic E-state index is 12.3. The van der Waals surface area contributed by atoms with Crippen molar-refractivity contribution in [2.24, 2.45) is 5.92 Å². The van der Waals surface area contributed by atoms with Crippen LogP contribution in [0.4, 0.5) is 10.5 Å². The quantitative estimate of drug-likeness (QED) is 0.284. The van der Waals surface area contributed by atoms with Crippen LogP contribution in [0.25, 0.3) is 11.3 Å². The van der Waals surface area contributed by atoms with Crippen LogP contribution < -0.4 is 4.90 Å². The zero-order valence-corrected chi connectivity index (χ0v) is 23.4. The number of rotatable bonds is 4. The van der Waals surface area contributed by atoms with E-state index < -0.39 is 5.60 Å². The lowest BCUT2D eigenvalue weighted by molar-refractivity contribution is 0.0130. The number of aryl methyl sites for hydroxylation is 1. The van der Waals surface area contributed by atoms with Gasteiger partial charge >= 0.3 is 6.09 Å². The Morgan fingerprint density at radius 3 is 2.51 bits per heavy atom. The third-order valence-corrected chi connectivity index (χ3v) is 8.58. The number of hydrogen-bond acceptors (Lipinski definition) is 5. The van der Waals surface area contributed by atoms with Gasteiger partial charge in [0.15, 0.2) is 0 Å². The minimum Gasteiger partial charge on any atom is -0.444 e. The largest absolute Gasteiger partial charge is 0.444 e. The molecule has 0 N–H and O–H groups in total. The van der Waals surface area contributed by atoms with Gasteiger partial charge in [-0.3, -0.25) is 4.90 Å². The van der Waals surface area contributed by atoms with Gasteiger partial charge in [-0.1, -0.05) is 34.7 Å². The summed E-state index contributed by atoms with van der Waals surface area (Å²) in [4.78, 5) is 23.9. The van der Waals surface area contributed by atoms with Gasteiger partial charge in [0, 0.05) is 57.9 Å². The highest BCUT2D eigenvalue weighted by molar-refractivity contribution is 14.1. The molecule has 0 radical (unpaired) electrons. The van der Waals surface area contributed by atoms with Crippen LogP contribution >= 0.6 is 22.6 Å². The van der Waals surface area contributed by atoms with Crippen molar-refractivity contribution in [1.29, 1.82) is 0 Å². The van der Waals surface area contributed by atoms with Gasteiger partial charge in [-0.05, 0) is 63.6 Å². The van der Waals surface area contributed by atoms with Crippen molar-refractivity contribution in [2.45, 2.75) is 62.6 Å². The number of nitrogens with zero attached hydrogens (tertiary/aromatic N) is 5. The molecular weight excluding hydrogens is 553 g/mol. The van der Waals surface area contributed by atoms with Crippen molar-refractivity contribution in [3.05, 3.63) is 36.3 Å². The summed E-state index contributed by atoms with van der Waals surface area (Å²) in [7, 11) is 0. The highest BCUT2D eigenvalue weighted by atomic mass is 127. The Kier molecular flexibility index (Phi) is 7.30. The molecule has 2 atom stereocenters. The van der Waals surface area contributed by atoms with Gasteiger partial charge < -0.3 is 19.1 Å². The van der Waals surface area contributed by atoms with Crippen molar-refractivity contribution in [2.75, 3.05) is 44.2 Å². The fraction of sp³-hybridized carbons (Fsp3) is 0.630. The van der Waals surface area contributed by atoms with Crippen LogP contribution in [0.15, 0.2) is 30.5 Å². The van der Waals surface area contributed by atoms with Crippen LogP contribution in [0.5, 0.6) is 0 Å². The molecule has 1 amide bonds. The van der Waals surface area contributed by atoms with Gasteiger partial charge in [0.25, 0.3) is 0 Å². The number of piperidine rings is 1. The maximum absolute atomic E-state index is 12.3. The van der Waals surface area contributed by atoms with E-state index in [0.29, 0.717) is 9.97 Å². The van der Waals surface area contributed by atoms with E-state index >= 15 is 0 Å². The summed E-state index contributed by atoms with van der Waals surface area (Å²) in [6.07, 6.45) is 6.57. The van der Waals surface area contributed by atoms with Crippen molar-refractivity contribution >= 4 is 34.4 Å². The minimum absolute atomic E-state index is 0.179. The molecule has 0 bridgehead atoms. The summed E-state index contributed by atoms with van der Waals surface area (Å²) in [5, 5.41) is 0. The first-order chi connectivity index (χ1) is 16.8. The van der Waals surface area contributed by atoms with E-state index in [1.54, 1.807) is 0 Å². The van der Waals surface area contributed by atoms with Gasteiger partial charge in [0.05, 0.1) is 15.9 Å². The second-order valence-electron chi connectivity index (χ2n) is 11.1. The Balaban J connectivity index is 1.11. The number of carbonyl (C=O) groups excluding carboxylic acids is 1. The number of imidazole rings is 1. The zero-order valence-electron chi connectivity index (χ0n) is 21.3. The number of alkyl halides is 1. The molecule has 0 spiro atoms. The van der Waals surface area contributed by atoms with Gasteiger partial charge in [-0.25, -0.2) is 9.78 Å².